The molecule has 1 aliphatic rings. The van der Waals surface area contributed by atoms with Crippen molar-refractivity contribution in [2.24, 2.45) is 12.8 Å². The van der Waals surface area contributed by atoms with Crippen LogP contribution in [0.3, 0.4) is 0 Å². The second kappa shape index (κ2) is 4.04. The fourth-order valence-corrected chi connectivity index (χ4v) is 1.47. The van der Waals surface area contributed by atoms with Crippen molar-refractivity contribution < 1.29 is 9.47 Å². The van der Waals surface area contributed by atoms with Gasteiger partial charge in [0.05, 0.1) is 26.4 Å². The Morgan fingerprint density at radius 1 is 1.50 bits per heavy atom. The lowest BCUT2D eigenvalue weighted by atomic mass is 10.3. The molecule has 0 amide bonds. The van der Waals surface area contributed by atoms with Gasteiger partial charge < -0.3 is 19.8 Å². The van der Waals surface area contributed by atoms with Gasteiger partial charge in [-0.1, -0.05) is 0 Å². The molecule has 1 aromatic rings. The molecule has 2 N–H and O–H groups in total. The molecule has 0 aliphatic carbocycles. The van der Waals surface area contributed by atoms with E-state index >= 15 is 0 Å². The van der Waals surface area contributed by atoms with E-state index in [1.165, 1.54) is 0 Å². The van der Waals surface area contributed by atoms with E-state index in [1.54, 1.807) is 0 Å². The normalized spacial score (nSPS) is 22.6. The van der Waals surface area contributed by atoms with Crippen molar-refractivity contribution in [1.29, 1.82) is 0 Å². The van der Waals surface area contributed by atoms with E-state index in [4.69, 9.17) is 15.2 Å². The summed E-state index contributed by atoms with van der Waals surface area (Å²) in [6.45, 7) is 2.18. The first-order valence-corrected chi connectivity index (χ1v) is 4.60. The molecule has 78 valence electrons. The number of aromatic nitrogens is 3. The van der Waals surface area contributed by atoms with Crippen LogP contribution in [0.1, 0.15) is 17.8 Å². The van der Waals surface area contributed by atoms with Crippen molar-refractivity contribution in [1.82, 2.24) is 14.8 Å². The average Bonchev–Trinajstić information content (AvgIpc) is 2.61. The van der Waals surface area contributed by atoms with Gasteiger partial charge in [-0.3, -0.25) is 0 Å². The second-order valence-corrected chi connectivity index (χ2v) is 3.17. The molecule has 1 atom stereocenters. The summed E-state index contributed by atoms with van der Waals surface area (Å²) in [4.78, 5) is 0. The van der Waals surface area contributed by atoms with Gasteiger partial charge in [0.25, 0.3) is 0 Å². The Bertz CT molecular complexity index is 306. The van der Waals surface area contributed by atoms with Crippen molar-refractivity contribution in [3.05, 3.63) is 11.6 Å². The minimum absolute atomic E-state index is 0.110. The third-order valence-corrected chi connectivity index (χ3v) is 2.29. The summed E-state index contributed by atoms with van der Waals surface area (Å²) in [6.07, 6.45) is -0.110. The summed E-state index contributed by atoms with van der Waals surface area (Å²) < 4.78 is 12.7. The summed E-state index contributed by atoms with van der Waals surface area (Å²) in [7, 11) is 1.88. The van der Waals surface area contributed by atoms with Gasteiger partial charge in [-0.15, -0.1) is 10.2 Å². The number of rotatable bonds is 2. The Morgan fingerprint density at radius 2 is 2.36 bits per heavy atom. The summed E-state index contributed by atoms with van der Waals surface area (Å²) in [5, 5.41) is 8.00. The van der Waals surface area contributed by atoms with E-state index in [-0.39, 0.29) is 6.10 Å². The number of nitrogens with zero attached hydrogens (tertiary/aromatic N) is 3. The zero-order valence-electron chi connectivity index (χ0n) is 8.14. The Kier molecular flexibility index (Phi) is 2.76. The maximum atomic E-state index is 5.51. The fourth-order valence-electron chi connectivity index (χ4n) is 1.47. The first-order chi connectivity index (χ1) is 6.83. The van der Waals surface area contributed by atoms with Gasteiger partial charge in [-0.05, 0) is 0 Å². The number of ether oxygens (including phenoxy) is 2. The van der Waals surface area contributed by atoms with Gasteiger partial charge in [0.2, 0.25) is 0 Å². The van der Waals surface area contributed by atoms with Gasteiger partial charge in [0.15, 0.2) is 5.82 Å². The van der Waals surface area contributed by atoms with Crippen LogP contribution in [0, 0.1) is 0 Å². The molecule has 0 aromatic carbocycles. The highest BCUT2D eigenvalue weighted by atomic mass is 16.6. The van der Waals surface area contributed by atoms with Crippen LogP contribution in [-0.2, 0) is 23.1 Å². The monoisotopic (exact) mass is 198 g/mol. The molecular formula is C8H14N4O2. The minimum atomic E-state index is -0.110. The molecule has 0 spiro atoms. The second-order valence-electron chi connectivity index (χ2n) is 3.17. The van der Waals surface area contributed by atoms with Gasteiger partial charge in [0.1, 0.15) is 11.9 Å². The fraction of sp³-hybridized carbons (Fsp3) is 0.750. The first kappa shape index (κ1) is 9.57. The molecule has 1 unspecified atom stereocenters. The molecule has 6 nitrogen and oxygen atoms in total. The number of hydrogen-bond donors (Lipinski definition) is 1. The molecule has 1 fully saturated rings. The highest BCUT2D eigenvalue weighted by Crippen LogP contribution is 2.18. The van der Waals surface area contributed by atoms with E-state index in [1.807, 2.05) is 11.6 Å². The molecule has 1 aromatic heterocycles. The summed E-state index contributed by atoms with van der Waals surface area (Å²) >= 11 is 0. The smallest absolute Gasteiger partial charge is 0.164 e. The third kappa shape index (κ3) is 1.63. The minimum Gasteiger partial charge on any atom is -0.376 e. The molecule has 14 heavy (non-hydrogen) atoms. The van der Waals surface area contributed by atoms with Gasteiger partial charge in [-0.2, -0.15) is 0 Å². The SMILES string of the molecule is Cn1c(CN)nnc1C1COCCO1. The van der Waals surface area contributed by atoms with Crippen LogP contribution in [0.2, 0.25) is 0 Å². The predicted molar refractivity (Wildman–Crippen MR) is 48.4 cm³/mol. The van der Waals surface area contributed by atoms with E-state index in [0.29, 0.717) is 26.4 Å². The Morgan fingerprint density at radius 3 is 2.93 bits per heavy atom. The van der Waals surface area contributed by atoms with E-state index in [9.17, 15) is 0 Å². The predicted octanol–water partition coefficient (Wildman–Crippen LogP) is -0.638. The van der Waals surface area contributed by atoms with E-state index in [0.717, 1.165) is 11.6 Å². The van der Waals surface area contributed by atoms with Crippen molar-refractivity contribution in [3.8, 4) is 0 Å². The molecule has 0 bridgehead atoms. The van der Waals surface area contributed by atoms with Crippen molar-refractivity contribution in [3.63, 3.8) is 0 Å². The zero-order valence-corrected chi connectivity index (χ0v) is 8.14. The summed E-state index contributed by atoms with van der Waals surface area (Å²) in [5.74, 6) is 1.54. The maximum absolute atomic E-state index is 5.51. The van der Waals surface area contributed by atoms with Crippen LogP contribution >= 0.6 is 0 Å². The third-order valence-electron chi connectivity index (χ3n) is 2.29. The molecule has 2 rings (SSSR count). The maximum Gasteiger partial charge on any atom is 0.164 e. The van der Waals surface area contributed by atoms with Gasteiger partial charge in [0, 0.05) is 7.05 Å². The largest absolute Gasteiger partial charge is 0.376 e. The summed E-state index contributed by atoms with van der Waals surface area (Å²) in [5.41, 5.74) is 5.50. The molecule has 1 aliphatic heterocycles. The molecule has 1 saturated heterocycles. The standard InChI is InChI=1S/C8H14N4O2/c1-12-7(4-9)10-11-8(12)6-5-13-2-3-14-6/h6H,2-5,9H2,1H3. The van der Waals surface area contributed by atoms with Crippen LogP contribution in [-0.4, -0.2) is 34.6 Å². The Hall–Kier alpha value is -0.980. The Balaban J connectivity index is 2.18. The summed E-state index contributed by atoms with van der Waals surface area (Å²) in [6, 6.07) is 0. The highest BCUT2D eigenvalue weighted by Gasteiger charge is 2.22. The molecule has 2 heterocycles. The van der Waals surface area contributed by atoms with Crippen molar-refractivity contribution >= 4 is 0 Å². The topological polar surface area (TPSA) is 75.2 Å². The lowest BCUT2D eigenvalue weighted by Crippen LogP contribution is -2.24. The molecular weight excluding hydrogens is 184 g/mol. The highest BCUT2D eigenvalue weighted by molar-refractivity contribution is 4.98. The average molecular weight is 198 g/mol. The Labute approximate surface area is 82.0 Å². The molecule has 0 saturated carbocycles. The first-order valence-electron chi connectivity index (χ1n) is 4.60. The molecule has 6 heteroatoms. The molecule has 0 radical (unpaired) electrons. The van der Waals surface area contributed by atoms with Crippen LogP contribution in [0.5, 0.6) is 0 Å². The zero-order chi connectivity index (χ0) is 9.97. The van der Waals surface area contributed by atoms with E-state index < -0.39 is 0 Å². The number of nitrogens with two attached hydrogens (primary N) is 1. The lowest BCUT2D eigenvalue weighted by Gasteiger charge is -2.21. The number of hydrogen-bond acceptors (Lipinski definition) is 5. The van der Waals surface area contributed by atoms with Crippen LogP contribution < -0.4 is 5.73 Å². The van der Waals surface area contributed by atoms with Crippen LogP contribution in [0.25, 0.3) is 0 Å². The quantitative estimate of drug-likeness (QED) is 0.684. The van der Waals surface area contributed by atoms with Crippen molar-refractivity contribution in [2.45, 2.75) is 12.6 Å². The van der Waals surface area contributed by atoms with Crippen LogP contribution in [0.15, 0.2) is 0 Å². The van der Waals surface area contributed by atoms with Crippen LogP contribution in [0.4, 0.5) is 0 Å². The van der Waals surface area contributed by atoms with Gasteiger partial charge >= 0.3 is 0 Å². The lowest BCUT2D eigenvalue weighted by molar-refractivity contribution is -0.0945. The van der Waals surface area contributed by atoms with Gasteiger partial charge in [-0.25, -0.2) is 0 Å². The van der Waals surface area contributed by atoms with Crippen molar-refractivity contribution in [2.75, 3.05) is 19.8 Å². The van der Waals surface area contributed by atoms with E-state index in [2.05, 4.69) is 10.2 Å².